The van der Waals surface area contributed by atoms with Crippen molar-refractivity contribution >= 4 is 17.6 Å². The third kappa shape index (κ3) is 4.36. The van der Waals surface area contributed by atoms with Gasteiger partial charge in [0, 0.05) is 12.0 Å². The highest BCUT2D eigenvalue weighted by Gasteiger charge is 2.38. The van der Waals surface area contributed by atoms with Gasteiger partial charge >= 0.3 is 12.1 Å². The van der Waals surface area contributed by atoms with Crippen LogP contribution in [0.5, 0.6) is 0 Å². The van der Waals surface area contributed by atoms with Crippen LogP contribution in [0.15, 0.2) is 18.2 Å². The SMILES string of the molecule is N[C@@H]1C[C@H]1c1cccc(Cl)c1F.O=C(O)C(F)(F)F. The minimum Gasteiger partial charge on any atom is -0.475 e. The summed E-state index contributed by atoms with van der Waals surface area (Å²) >= 11 is 5.62. The molecular formula is C11H10ClF4NO2. The Balaban J connectivity index is 0.000000224. The van der Waals surface area contributed by atoms with E-state index in [0.717, 1.165) is 6.42 Å². The van der Waals surface area contributed by atoms with Crippen molar-refractivity contribution in [2.24, 2.45) is 5.73 Å². The van der Waals surface area contributed by atoms with Crippen LogP contribution in [0.3, 0.4) is 0 Å². The van der Waals surface area contributed by atoms with Gasteiger partial charge in [0.15, 0.2) is 0 Å². The van der Waals surface area contributed by atoms with E-state index < -0.39 is 12.1 Å². The average molecular weight is 300 g/mol. The molecule has 0 aliphatic heterocycles. The van der Waals surface area contributed by atoms with E-state index in [-0.39, 0.29) is 22.8 Å². The van der Waals surface area contributed by atoms with E-state index in [1.54, 1.807) is 18.2 Å². The number of carboxylic acids is 1. The van der Waals surface area contributed by atoms with Crippen LogP contribution >= 0.6 is 11.6 Å². The van der Waals surface area contributed by atoms with E-state index in [1.165, 1.54) is 0 Å². The van der Waals surface area contributed by atoms with E-state index in [9.17, 15) is 17.6 Å². The van der Waals surface area contributed by atoms with Crippen LogP contribution < -0.4 is 5.73 Å². The number of halogens is 5. The Morgan fingerprint density at radius 3 is 2.26 bits per heavy atom. The third-order valence-electron chi connectivity index (χ3n) is 2.46. The van der Waals surface area contributed by atoms with E-state index in [0.29, 0.717) is 5.56 Å². The topological polar surface area (TPSA) is 63.3 Å². The van der Waals surface area contributed by atoms with Crippen molar-refractivity contribution in [3.63, 3.8) is 0 Å². The Kier molecular flexibility index (Phi) is 4.75. The van der Waals surface area contributed by atoms with Gasteiger partial charge in [0.05, 0.1) is 5.02 Å². The van der Waals surface area contributed by atoms with Gasteiger partial charge in [0.2, 0.25) is 0 Å². The average Bonchev–Trinajstić information content (AvgIpc) is 2.99. The van der Waals surface area contributed by atoms with Crippen molar-refractivity contribution in [1.82, 2.24) is 0 Å². The highest BCUT2D eigenvalue weighted by molar-refractivity contribution is 6.30. The van der Waals surface area contributed by atoms with Gasteiger partial charge in [-0.15, -0.1) is 0 Å². The molecule has 0 bridgehead atoms. The molecule has 19 heavy (non-hydrogen) atoms. The zero-order valence-corrected chi connectivity index (χ0v) is 10.2. The van der Waals surface area contributed by atoms with Crippen LogP contribution in [0, 0.1) is 5.82 Å². The summed E-state index contributed by atoms with van der Waals surface area (Å²) in [6, 6.07) is 5.18. The molecule has 3 N–H and O–H groups in total. The van der Waals surface area contributed by atoms with Crippen molar-refractivity contribution in [3.8, 4) is 0 Å². The molecule has 0 aromatic heterocycles. The molecule has 0 radical (unpaired) electrons. The van der Waals surface area contributed by atoms with Gasteiger partial charge in [-0.1, -0.05) is 23.7 Å². The maximum atomic E-state index is 13.3. The first-order valence-electron chi connectivity index (χ1n) is 5.14. The maximum Gasteiger partial charge on any atom is 0.490 e. The predicted molar refractivity (Wildman–Crippen MR) is 60.4 cm³/mol. The van der Waals surface area contributed by atoms with Crippen molar-refractivity contribution in [3.05, 3.63) is 34.6 Å². The van der Waals surface area contributed by atoms with Crippen LogP contribution in [0.1, 0.15) is 17.9 Å². The molecule has 0 unspecified atom stereocenters. The van der Waals surface area contributed by atoms with Gasteiger partial charge in [-0.2, -0.15) is 13.2 Å². The molecule has 1 saturated carbocycles. The second-order valence-electron chi connectivity index (χ2n) is 3.95. The van der Waals surface area contributed by atoms with Gasteiger partial charge in [-0.3, -0.25) is 0 Å². The summed E-state index contributed by atoms with van der Waals surface area (Å²) in [4.78, 5) is 8.90. The number of hydrogen-bond donors (Lipinski definition) is 2. The minimum absolute atomic E-state index is 0.123. The summed E-state index contributed by atoms with van der Waals surface area (Å²) in [5, 5.41) is 7.31. The van der Waals surface area contributed by atoms with Crippen molar-refractivity contribution in [2.75, 3.05) is 0 Å². The fraction of sp³-hybridized carbons (Fsp3) is 0.364. The molecule has 0 amide bonds. The number of rotatable bonds is 1. The molecule has 1 aliphatic rings. The zero-order chi connectivity index (χ0) is 14.8. The number of benzene rings is 1. The Morgan fingerprint density at radius 1 is 1.42 bits per heavy atom. The van der Waals surface area contributed by atoms with Crippen molar-refractivity contribution < 1.29 is 27.5 Å². The molecule has 0 heterocycles. The Morgan fingerprint density at radius 2 is 1.89 bits per heavy atom. The normalized spacial score (nSPS) is 21.4. The number of carbonyl (C=O) groups is 1. The number of aliphatic carboxylic acids is 1. The van der Waals surface area contributed by atoms with E-state index in [4.69, 9.17) is 27.2 Å². The first-order valence-corrected chi connectivity index (χ1v) is 5.52. The molecule has 1 fully saturated rings. The highest BCUT2D eigenvalue weighted by Crippen LogP contribution is 2.41. The smallest absolute Gasteiger partial charge is 0.475 e. The summed E-state index contributed by atoms with van der Waals surface area (Å²) < 4.78 is 45.0. The summed E-state index contributed by atoms with van der Waals surface area (Å²) in [6.45, 7) is 0. The molecule has 2 atom stereocenters. The maximum absolute atomic E-state index is 13.3. The van der Waals surface area contributed by atoms with Gasteiger partial charge < -0.3 is 10.8 Å². The zero-order valence-electron chi connectivity index (χ0n) is 9.42. The van der Waals surface area contributed by atoms with Gasteiger partial charge in [-0.05, 0) is 18.1 Å². The molecule has 1 aromatic carbocycles. The molecule has 1 aliphatic carbocycles. The molecule has 8 heteroatoms. The summed E-state index contributed by atoms with van der Waals surface area (Å²) in [5.41, 5.74) is 6.27. The van der Waals surface area contributed by atoms with Gasteiger partial charge in [-0.25, -0.2) is 9.18 Å². The lowest BCUT2D eigenvalue weighted by atomic mass is 10.1. The van der Waals surface area contributed by atoms with Crippen molar-refractivity contribution in [1.29, 1.82) is 0 Å². The second kappa shape index (κ2) is 5.75. The molecule has 0 spiro atoms. The third-order valence-corrected chi connectivity index (χ3v) is 2.76. The standard InChI is InChI=1S/C9H9ClFN.C2HF3O2/c10-7-3-1-2-5(9(7)11)6-4-8(6)12;3-2(4,5)1(6)7/h1-3,6,8H,4,12H2;(H,6,7)/t6-,8+;/m0./s1. The number of carboxylic acid groups (broad SMARTS) is 1. The molecule has 2 rings (SSSR count). The van der Waals surface area contributed by atoms with E-state index in [2.05, 4.69) is 0 Å². The van der Waals surface area contributed by atoms with Crippen molar-refractivity contribution in [2.45, 2.75) is 24.6 Å². The summed E-state index contributed by atoms with van der Waals surface area (Å²) in [5.74, 6) is -2.88. The summed E-state index contributed by atoms with van der Waals surface area (Å²) in [6.07, 6.45) is -4.21. The van der Waals surface area contributed by atoms with Crippen LogP contribution in [0.4, 0.5) is 17.6 Å². The summed E-state index contributed by atoms with van der Waals surface area (Å²) in [7, 11) is 0. The molecular weight excluding hydrogens is 290 g/mol. The lowest BCUT2D eigenvalue weighted by molar-refractivity contribution is -0.192. The van der Waals surface area contributed by atoms with Crippen LogP contribution in [0.25, 0.3) is 0 Å². The molecule has 1 aromatic rings. The molecule has 106 valence electrons. The van der Waals surface area contributed by atoms with Crippen LogP contribution in [-0.2, 0) is 4.79 Å². The minimum atomic E-state index is -5.08. The van der Waals surface area contributed by atoms with Crippen LogP contribution in [-0.4, -0.2) is 23.3 Å². The predicted octanol–water partition coefficient (Wildman–Crippen LogP) is 2.93. The number of hydrogen-bond acceptors (Lipinski definition) is 2. The monoisotopic (exact) mass is 299 g/mol. The Bertz CT molecular complexity index is 478. The quantitative estimate of drug-likeness (QED) is 0.784. The fourth-order valence-electron chi connectivity index (χ4n) is 1.38. The van der Waals surface area contributed by atoms with Gasteiger partial charge in [0.25, 0.3) is 0 Å². The largest absolute Gasteiger partial charge is 0.490 e. The Hall–Kier alpha value is -1.34. The Labute approximate surface area is 111 Å². The fourth-order valence-corrected chi connectivity index (χ4v) is 1.56. The second-order valence-corrected chi connectivity index (χ2v) is 4.36. The highest BCUT2D eigenvalue weighted by atomic mass is 35.5. The van der Waals surface area contributed by atoms with Crippen LogP contribution in [0.2, 0.25) is 5.02 Å². The number of nitrogens with two attached hydrogens (primary N) is 1. The van der Waals surface area contributed by atoms with E-state index in [1.807, 2.05) is 0 Å². The lowest BCUT2D eigenvalue weighted by Crippen LogP contribution is -2.21. The first-order chi connectivity index (χ1) is 8.64. The molecule has 0 saturated heterocycles. The van der Waals surface area contributed by atoms with E-state index >= 15 is 0 Å². The number of alkyl halides is 3. The van der Waals surface area contributed by atoms with Gasteiger partial charge in [0.1, 0.15) is 5.82 Å². The lowest BCUT2D eigenvalue weighted by Gasteiger charge is -2.01. The first kappa shape index (κ1) is 15.7. The molecule has 3 nitrogen and oxygen atoms in total.